The van der Waals surface area contributed by atoms with E-state index in [4.69, 9.17) is 0 Å². The SMILES string of the molecule is CCCCCCc1cc(CCC)c[nH]1. The van der Waals surface area contributed by atoms with Crippen LogP contribution in [-0.4, -0.2) is 4.98 Å². The summed E-state index contributed by atoms with van der Waals surface area (Å²) in [6.07, 6.45) is 11.3. The summed E-state index contributed by atoms with van der Waals surface area (Å²) in [5, 5.41) is 0. The predicted molar refractivity (Wildman–Crippen MR) is 62.6 cm³/mol. The van der Waals surface area contributed by atoms with Crippen molar-refractivity contribution in [2.45, 2.75) is 58.8 Å². The minimum Gasteiger partial charge on any atom is -0.365 e. The smallest absolute Gasteiger partial charge is 0.0149 e. The zero-order chi connectivity index (χ0) is 10.2. The van der Waals surface area contributed by atoms with Gasteiger partial charge in [0.15, 0.2) is 0 Å². The minimum atomic E-state index is 1.21. The average Bonchev–Trinajstić information content (AvgIpc) is 2.61. The maximum absolute atomic E-state index is 3.37. The number of H-pyrrole nitrogens is 1. The first kappa shape index (κ1) is 11.4. The molecule has 1 heterocycles. The molecule has 0 saturated heterocycles. The predicted octanol–water partition coefficient (Wildman–Crippen LogP) is 4.09. The summed E-state index contributed by atoms with van der Waals surface area (Å²) in [6.45, 7) is 4.49. The molecule has 0 atom stereocenters. The van der Waals surface area contributed by atoms with E-state index in [-0.39, 0.29) is 0 Å². The molecule has 1 aromatic rings. The number of hydrogen-bond acceptors (Lipinski definition) is 0. The lowest BCUT2D eigenvalue weighted by Crippen LogP contribution is -1.85. The summed E-state index contributed by atoms with van der Waals surface area (Å²) < 4.78 is 0. The molecule has 0 aliphatic rings. The van der Waals surface area contributed by atoms with Crippen molar-refractivity contribution in [1.82, 2.24) is 4.98 Å². The van der Waals surface area contributed by atoms with Gasteiger partial charge in [-0.25, -0.2) is 0 Å². The Kier molecular flexibility index (Phi) is 5.43. The quantitative estimate of drug-likeness (QED) is 0.628. The van der Waals surface area contributed by atoms with E-state index in [0.717, 1.165) is 0 Å². The van der Waals surface area contributed by atoms with Crippen molar-refractivity contribution in [3.63, 3.8) is 0 Å². The van der Waals surface area contributed by atoms with E-state index in [1.165, 1.54) is 56.2 Å². The van der Waals surface area contributed by atoms with Crippen molar-refractivity contribution >= 4 is 0 Å². The van der Waals surface area contributed by atoms with Crippen molar-refractivity contribution in [2.24, 2.45) is 0 Å². The number of aryl methyl sites for hydroxylation is 2. The lowest BCUT2D eigenvalue weighted by atomic mass is 10.1. The maximum atomic E-state index is 3.37. The Hall–Kier alpha value is -0.720. The van der Waals surface area contributed by atoms with Crippen molar-refractivity contribution in [2.75, 3.05) is 0 Å². The summed E-state index contributed by atoms with van der Waals surface area (Å²) in [5.74, 6) is 0. The minimum absolute atomic E-state index is 1.21. The van der Waals surface area contributed by atoms with E-state index in [2.05, 4.69) is 31.1 Å². The topological polar surface area (TPSA) is 15.8 Å². The summed E-state index contributed by atoms with van der Waals surface area (Å²) in [6, 6.07) is 2.33. The van der Waals surface area contributed by atoms with Crippen molar-refractivity contribution in [1.29, 1.82) is 0 Å². The Morgan fingerprint density at radius 2 is 1.86 bits per heavy atom. The molecule has 1 heteroatoms. The van der Waals surface area contributed by atoms with Crippen LogP contribution in [0.5, 0.6) is 0 Å². The van der Waals surface area contributed by atoms with Gasteiger partial charge in [0.05, 0.1) is 0 Å². The van der Waals surface area contributed by atoms with Gasteiger partial charge in [-0.1, -0.05) is 39.5 Å². The van der Waals surface area contributed by atoms with Gasteiger partial charge in [0, 0.05) is 11.9 Å². The molecule has 0 aliphatic carbocycles. The highest BCUT2D eigenvalue weighted by Crippen LogP contribution is 2.10. The molecule has 1 nitrogen and oxygen atoms in total. The first-order valence-electron chi connectivity index (χ1n) is 6.03. The number of aromatic nitrogens is 1. The summed E-state index contributed by atoms with van der Waals surface area (Å²) >= 11 is 0. The summed E-state index contributed by atoms with van der Waals surface area (Å²) in [5.41, 5.74) is 2.89. The van der Waals surface area contributed by atoms with Crippen LogP contribution in [0.2, 0.25) is 0 Å². The molecular weight excluding hydrogens is 170 g/mol. The lowest BCUT2D eigenvalue weighted by molar-refractivity contribution is 0.662. The van der Waals surface area contributed by atoms with Gasteiger partial charge in [-0.05, 0) is 30.9 Å². The van der Waals surface area contributed by atoms with Gasteiger partial charge in [-0.2, -0.15) is 0 Å². The Bertz CT molecular complexity index is 237. The molecule has 1 rings (SSSR count). The average molecular weight is 193 g/mol. The largest absolute Gasteiger partial charge is 0.365 e. The van der Waals surface area contributed by atoms with Crippen LogP contribution < -0.4 is 0 Å². The van der Waals surface area contributed by atoms with Crippen LogP contribution in [0.4, 0.5) is 0 Å². The molecule has 80 valence electrons. The number of unbranched alkanes of at least 4 members (excludes halogenated alkanes) is 3. The number of rotatable bonds is 7. The van der Waals surface area contributed by atoms with Crippen LogP contribution in [-0.2, 0) is 12.8 Å². The zero-order valence-corrected chi connectivity index (χ0v) is 9.60. The first-order valence-corrected chi connectivity index (χ1v) is 6.03. The Morgan fingerprint density at radius 3 is 2.57 bits per heavy atom. The molecule has 0 bridgehead atoms. The molecule has 0 radical (unpaired) electrons. The molecule has 1 aromatic heterocycles. The fraction of sp³-hybridized carbons (Fsp3) is 0.692. The van der Waals surface area contributed by atoms with Gasteiger partial charge in [0.2, 0.25) is 0 Å². The third-order valence-electron chi connectivity index (χ3n) is 2.64. The van der Waals surface area contributed by atoms with Crippen LogP contribution in [0, 0.1) is 0 Å². The highest BCUT2D eigenvalue weighted by molar-refractivity contribution is 5.16. The molecule has 0 fully saturated rings. The monoisotopic (exact) mass is 193 g/mol. The van der Waals surface area contributed by atoms with Crippen LogP contribution in [0.25, 0.3) is 0 Å². The van der Waals surface area contributed by atoms with Crippen molar-refractivity contribution < 1.29 is 0 Å². The number of hydrogen-bond donors (Lipinski definition) is 1. The highest BCUT2D eigenvalue weighted by atomic mass is 14.7. The highest BCUT2D eigenvalue weighted by Gasteiger charge is 1.97. The first-order chi connectivity index (χ1) is 6.86. The standard InChI is InChI=1S/C13H23N/c1-3-5-6-7-9-13-10-12(8-4-2)11-14-13/h10-11,14H,3-9H2,1-2H3. The van der Waals surface area contributed by atoms with Gasteiger partial charge < -0.3 is 4.98 Å². The fourth-order valence-corrected chi connectivity index (χ4v) is 1.81. The van der Waals surface area contributed by atoms with Crippen molar-refractivity contribution in [3.05, 3.63) is 23.5 Å². The van der Waals surface area contributed by atoms with E-state index in [1.807, 2.05) is 0 Å². The van der Waals surface area contributed by atoms with Crippen LogP contribution in [0.3, 0.4) is 0 Å². The molecule has 0 saturated carbocycles. The zero-order valence-electron chi connectivity index (χ0n) is 9.60. The van der Waals surface area contributed by atoms with Crippen LogP contribution in [0.15, 0.2) is 12.3 Å². The maximum Gasteiger partial charge on any atom is 0.0149 e. The molecule has 0 unspecified atom stereocenters. The molecule has 1 N–H and O–H groups in total. The summed E-state index contributed by atoms with van der Waals surface area (Å²) in [7, 11) is 0. The van der Waals surface area contributed by atoms with Gasteiger partial charge in [0.1, 0.15) is 0 Å². The summed E-state index contributed by atoms with van der Waals surface area (Å²) in [4.78, 5) is 3.37. The van der Waals surface area contributed by atoms with Crippen LogP contribution >= 0.6 is 0 Å². The molecule has 14 heavy (non-hydrogen) atoms. The van der Waals surface area contributed by atoms with Crippen molar-refractivity contribution in [3.8, 4) is 0 Å². The van der Waals surface area contributed by atoms with E-state index >= 15 is 0 Å². The van der Waals surface area contributed by atoms with Crippen LogP contribution in [0.1, 0.15) is 57.2 Å². The fourth-order valence-electron chi connectivity index (χ4n) is 1.81. The number of nitrogens with one attached hydrogen (secondary N) is 1. The third kappa shape index (κ3) is 3.99. The van der Waals surface area contributed by atoms with E-state index in [0.29, 0.717) is 0 Å². The van der Waals surface area contributed by atoms with E-state index in [1.54, 1.807) is 0 Å². The van der Waals surface area contributed by atoms with E-state index < -0.39 is 0 Å². The number of aromatic amines is 1. The lowest BCUT2D eigenvalue weighted by Gasteiger charge is -1.97. The second-order valence-corrected chi connectivity index (χ2v) is 4.09. The Morgan fingerprint density at radius 1 is 1.00 bits per heavy atom. The second kappa shape index (κ2) is 6.69. The Labute approximate surface area is 87.9 Å². The van der Waals surface area contributed by atoms with Gasteiger partial charge >= 0.3 is 0 Å². The Balaban J connectivity index is 2.22. The molecule has 0 aliphatic heterocycles. The second-order valence-electron chi connectivity index (χ2n) is 4.09. The van der Waals surface area contributed by atoms with Gasteiger partial charge in [0.25, 0.3) is 0 Å². The molecular formula is C13H23N. The third-order valence-corrected chi connectivity index (χ3v) is 2.64. The normalized spacial score (nSPS) is 10.7. The van der Waals surface area contributed by atoms with Gasteiger partial charge in [-0.15, -0.1) is 0 Å². The molecule has 0 spiro atoms. The van der Waals surface area contributed by atoms with Gasteiger partial charge in [-0.3, -0.25) is 0 Å². The molecule has 0 amide bonds. The molecule has 0 aromatic carbocycles. The van der Waals surface area contributed by atoms with E-state index in [9.17, 15) is 0 Å².